The summed E-state index contributed by atoms with van der Waals surface area (Å²) in [6, 6.07) is -0.116. The summed E-state index contributed by atoms with van der Waals surface area (Å²) in [6.07, 6.45) is 0.836. The number of likely N-dealkylation sites (N-methyl/N-ethyl adjacent to an activating group) is 1. The Morgan fingerprint density at radius 3 is 2.00 bits per heavy atom. The molecule has 0 aliphatic rings. The first-order valence-corrected chi connectivity index (χ1v) is 3.91. The van der Waals surface area contributed by atoms with Gasteiger partial charge < -0.3 is 5.73 Å². The summed E-state index contributed by atoms with van der Waals surface area (Å²) in [5.41, 5.74) is 5.21. The van der Waals surface area contributed by atoms with Crippen LogP contribution in [0, 0.1) is 5.92 Å². The SMILES string of the molecule is CC(C)C[C@@H](C(N)=O)N(C)C. The Hall–Kier alpha value is -0.570. The molecule has 0 bridgehead atoms. The Morgan fingerprint density at radius 2 is 1.91 bits per heavy atom. The second-order valence-corrected chi connectivity index (χ2v) is 3.51. The standard InChI is InChI=1S/C8H18N2O/c1-6(2)5-7(8(9)11)10(3)4/h6-7H,5H2,1-4H3,(H2,9,11)/t7-/m0/s1. The Morgan fingerprint density at radius 1 is 1.45 bits per heavy atom. The van der Waals surface area contributed by atoms with Gasteiger partial charge in [-0.25, -0.2) is 0 Å². The summed E-state index contributed by atoms with van der Waals surface area (Å²) in [5.74, 6) is 0.276. The highest BCUT2D eigenvalue weighted by atomic mass is 16.1. The summed E-state index contributed by atoms with van der Waals surface area (Å²) < 4.78 is 0. The summed E-state index contributed by atoms with van der Waals surface area (Å²) >= 11 is 0. The fraction of sp³-hybridized carbons (Fsp3) is 0.875. The molecule has 0 aliphatic heterocycles. The Labute approximate surface area is 68.6 Å². The minimum absolute atomic E-state index is 0.116. The van der Waals surface area contributed by atoms with Crippen molar-refractivity contribution in [2.45, 2.75) is 26.3 Å². The molecular formula is C8H18N2O. The van der Waals surface area contributed by atoms with E-state index in [2.05, 4.69) is 13.8 Å². The van der Waals surface area contributed by atoms with Gasteiger partial charge in [0.1, 0.15) is 0 Å². The van der Waals surface area contributed by atoms with Crippen LogP contribution in [0.5, 0.6) is 0 Å². The molecule has 0 aromatic heterocycles. The summed E-state index contributed by atoms with van der Waals surface area (Å²) in [7, 11) is 3.75. The van der Waals surface area contributed by atoms with Gasteiger partial charge in [-0.05, 0) is 26.4 Å². The molecule has 3 heteroatoms. The van der Waals surface area contributed by atoms with Crippen LogP contribution < -0.4 is 5.73 Å². The van der Waals surface area contributed by atoms with Gasteiger partial charge in [-0.3, -0.25) is 9.69 Å². The quantitative estimate of drug-likeness (QED) is 0.645. The van der Waals surface area contributed by atoms with Gasteiger partial charge >= 0.3 is 0 Å². The van der Waals surface area contributed by atoms with E-state index in [1.165, 1.54) is 0 Å². The van der Waals surface area contributed by atoms with Gasteiger partial charge in [0.05, 0.1) is 6.04 Å². The summed E-state index contributed by atoms with van der Waals surface area (Å²) in [5, 5.41) is 0. The second-order valence-electron chi connectivity index (χ2n) is 3.51. The van der Waals surface area contributed by atoms with Crippen molar-refractivity contribution < 1.29 is 4.79 Å². The molecule has 1 atom stereocenters. The van der Waals surface area contributed by atoms with Crippen molar-refractivity contribution in [1.29, 1.82) is 0 Å². The number of primary amides is 1. The van der Waals surface area contributed by atoms with E-state index in [1.807, 2.05) is 19.0 Å². The minimum Gasteiger partial charge on any atom is -0.368 e. The topological polar surface area (TPSA) is 46.3 Å². The van der Waals surface area contributed by atoms with E-state index < -0.39 is 0 Å². The van der Waals surface area contributed by atoms with E-state index in [0.717, 1.165) is 6.42 Å². The van der Waals surface area contributed by atoms with E-state index in [1.54, 1.807) is 0 Å². The van der Waals surface area contributed by atoms with E-state index in [4.69, 9.17) is 5.73 Å². The lowest BCUT2D eigenvalue weighted by Crippen LogP contribution is -2.41. The Kier molecular flexibility index (Phi) is 4.11. The van der Waals surface area contributed by atoms with Gasteiger partial charge in [-0.15, -0.1) is 0 Å². The number of amides is 1. The maximum atomic E-state index is 10.9. The number of carbonyl (C=O) groups excluding carboxylic acids is 1. The molecule has 0 aromatic rings. The number of rotatable bonds is 4. The van der Waals surface area contributed by atoms with Crippen molar-refractivity contribution in [3.63, 3.8) is 0 Å². The number of hydrogen-bond donors (Lipinski definition) is 1. The molecule has 2 N–H and O–H groups in total. The third-order valence-electron chi connectivity index (χ3n) is 1.65. The predicted octanol–water partition coefficient (Wildman–Crippen LogP) is 0.448. The fourth-order valence-corrected chi connectivity index (χ4v) is 1.03. The van der Waals surface area contributed by atoms with Crippen molar-refractivity contribution in [1.82, 2.24) is 4.90 Å². The zero-order valence-electron chi connectivity index (χ0n) is 7.79. The van der Waals surface area contributed by atoms with E-state index >= 15 is 0 Å². The maximum Gasteiger partial charge on any atom is 0.234 e. The number of hydrogen-bond acceptors (Lipinski definition) is 2. The van der Waals surface area contributed by atoms with Crippen molar-refractivity contribution in [2.75, 3.05) is 14.1 Å². The molecule has 1 amide bonds. The molecule has 0 saturated carbocycles. The molecule has 0 rings (SSSR count). The van der Waals surface area contributed by atoms with Gasteiger partial charge in [-0.2, -0.15) is 0 Å². The number of nitrogens with zero attached hydrogens (tertiary/aromatic N) is 1. The largest absolute Gasteiger partial charge is 0.368 e. The molecule has 0 heterocycles. The lowest BCUT2D eigenvalue weighted by atomic mass is 10.0. The fourth-order valence-electron chi connectivity index (χ4n) is 1.03. The van der Waals surface area contributed by atoms with Crippen molar-refractivity contribution >= 4 is 5.91 Å². The van der Waals surface area contributed by atoms with E-state index in [0.29, 0.717) is 5.92 Å². The van der Waals surface area contributed by atoms with Crippen LogP contribution in [0.25, 0.3) is 0 Å². The molecule has 66 valence electrons. The Bertz CT molecular complexity index is 132. The van der Waals surface area contributed by atoms with Crippen molar-refractivity contribution in [3.05, 3.63) is 0 Å². The first-order chi connectivity index (χ1) is 4.95. The van der Waals surface area contributed by atoms with Crippen LogP contribution in [0.3, 0.4) is 0 Å². The average Bonchev–Trinajstić information content (AvgIpc) is 1.81. The predicted molar refractivity (Wildman–Crippen MR) is 46.1 cm³/mol. The third kappa shape index (κ3) is 3.98. The normalized spacial score (nSPS) is 14.0. The minimum atomic E-state index is -0.233. The third-order valence-corrected chi connectivity index (χ3v) is 1.65. The van der Waals surface area contributed by atoms with Crippen LogP contribution >= 0.6 is 0 Å². The first-order valence-electron chi connectivity index (χ1n) is 3.91. The van der Waals surface area contributed by atoms with Crippen LogP contribution in [-0.4, -0.2) is 30.9 Å². The van der Waals surface area contributed by atoms with E-state index in [9.17, 15) is 4.79 Å². The van der Waals surface area contributed by atoms with Crippen molar-refractivity contribution in [3.8, 4) is 0 Å². The molecule has 0 fully saturated rings. The van der Waals surface area contributed by atoms with Crippen molar-refractivity contribution in [2.24, 2.45) is 11.7 Å². The highest BCUT2D eigenvalue weighted by Gasteiger charge is 2.18. The molecule has 0 spiro atoms. The molecule has 0 radical (unpaired) electrons. The molecule has 0 saturated heterocycles. The summed E-state index contributed by atoms with van der Waals surface area (Å²) in [4.78, 5) is 12.7. The maximum absolute atomic E-state index is 10.9. The highest BCUT2D eigenvalue weighted by Crippen LogP contribution is 2.07. The lowest BCUT2D eigenvalue weighted by Gasteiger charge is -2.22. The molecule has 0 aromatic carbocycles. The lowest BCUT2D eigenvalue weighted by molar-refractivity contribution is -0.122. The van der Waals surface area contributed by atoms with Gasteiger partial charge in [0.2, 0.25) is 5.91 Å². The van der Waals surface area contributed by atoms with Crippen LogP contribution in [-0.2, 0) is 4.79 Å². The first kappa shape index (κ1) is 10.4. The van der Waals surface area contributed by atoms with E-state index in [-0.39, 0.29) is 11.9 Å². The number of nitrogens with two attached hydrogens (primary N) is 1. The Balaban J connectivity index is 4.01. The molecule has 0 unspecified atom stereocenters. The number of carbonyl (C=O) groups is 1. The molecule has 0 aliphatic carbocycles. The van der Waals surface area contributed by atoms with Gasteiger partial charge in [0.25, 0.3) is 0 Å². The van der Waals surface area contributed by atoms with Crippen LogP contribution in [0.15, 0.2) is 0 Å². The monoisotopic (exact) mass is 158 g/mol. The average molecular weight is 158 g/mol. The zero-order valence-corrected chi connectivity index (χ0v) is 7.79. The van der Waals surface area contributed by atoms with Gasteiger partial charge in [0.15, 0.2) is 0 Å². The second kappa shape index (κ2) is 4.34. The molecular weight excluding hydrogens is 140 g/mol. The molecule has 3 nitrogen and oxygen atoms in total. The zero-order chi connectivity index (χ0) is 9.02. The smallest absolute Gasteiger partial charge is 0.234 e. The van der Waals surface area contributed by atoms with Crippen LogP contribution in [0.1, 0.15) is 20.3 Å². The van der Waals surface area contributed by atoms with Crippen LogP contribution in [0.4, 0.5) is 0 Å². The highest BCUT2D eigenvalue weighted by molar-refractivity contribution is 5.79. The molecule has 11 heavy (non-hydrogen) atoms. The van der Waals surface area contributed by atoms with Crippen LogP contribution in [0.2, 0.25) is 0 Å². The summed E-state index contributed by atoms with van der Waals surface area (Å²) in [6.45, 7) is 4.17. The van der Waals surface area contributed by atoms with Gasteiger partial charge in [0, 0.05) is 0 Å². The van der Waals surface area contributed by atoms with Gasteiger partial charge in [-0.1, -0.05) is 13.8 Å².